The van der Waals surface area contributed by atoms with Crippen LogP contribution < -0.4 is 4.90 Å². The molecule has 5 aromatic carbocycles. The molecule has 12 rings (SSSR count). The van der Waals surface area contributed by atoms with Crippen LogP contribution in [0.2, 0.25) is 0 Å². The van der Waals surface area contributed by atoms with Gasteiger partial charge in [-0.2, -0.15) is 0 Å². The Balaban J connectivity index is 1.10. The van der Waals surface area contributed by atoms with Crippen molar-refractivity contribution in [2.24, 2.45) is 29.1 Å². The molecule has 6 unspecified atom stereocenters. The minimum absolute atomic E-state index is 0.129. The van der Waals surface area contributed by atoms with E-state index in [2.05, 4.69) is 163 Å². The summed E-state index contributed by atoms with van der Waals surface area (Å²) in [5.74, 6) is 3.50. The molecule has 6 atom stereocenters. The summed E-state index contributed by atoms with van der Waals surface area (Å²) in [4.78, 5) is 2.64. The van der Waals surface area contributed by atoms with Crippen LogP contribution in [-0.4, -0.2) is 0 Å². The summed E-state index contributed by atoms with van der Waals surface area (Å²) in [6.45, 7) is 19.7. The van der Waals surface area contributed by atoms with Crippen molar-refractivity contribution in [1.29, 1.82) is 0 Å². The molecule has 2 bridgehead atoms. The summed E-state index contributed by atoms with van der Waals surface area (Å²) in [6.07, 6.45) is 10.7. The Labute approximate surface area is 342 Å². The number of nitrogens with zero attached hydrogens (tertiary/aromatic N) is 1. The maximum absolute atomic E-state index is 2.65. The second-order valence-electron chi connectivity index (χ2n) is 22.7. The predicted octanol–water partition coefficient (Wildman–Crippen LogP) is 14.9. The average Bonchev–Trinajstić information content (AvgIpc) is 3.83. The van der Waals surface area contributed by atoms with Crippen molar-refractivity contribution in [3.63, 3.8) is 0 Å². The fourth-order valence-corrected chi connectivity index (χ4v) is 15.3. The molecule has 0 heterocycles. The zero-order valence-corrected chi connectivity index (χ0v) is 35.7. The Morgan fingerprint density at radius 1 is 0.456 bits per heavy atom. The lowest BCUT2D eigenvalue weighted by molar-refractivity contribution is -0.231. The molecular weight excluding hydrogens is 687 g/mol. The summed E-state index contributed by atoms with van der Waals surface area (Å²) < 4.78 is 0. The highest BCUT2D eigenvalue weighted by atomic mass is 15.1. The zero-order valence-electron chi connectivity index (χ0n) is 35.7. The van der Waals surface area contributed by atoms with E-state index in [1.165, 1.54) is 113 Å². The van der Waals surface area contributed by atoms with E-state index in [0.29, 0.717) is 5.41 Å². The largest absolute Gasteiger partial charge is 0.310 e. The van der Waals surface area contributed by atoms with Crippen LogP contribution in [0.15, 0.2) is 103 Å². The van der Waals surface area contributed by atoms with Gasteiger partial charge in [-0.25, -0.2) is 0 Å². The van der Waals surface area contributed by atoms with Gasteiger partial charge in [-0.05, 0) is 194 Å². The van der Waals surface area contributed by atoms with Gasteiger partial charge in [-0.15, -0.1) is 0 Å². The number of hydrogen-bond acceptors (Lipinski definition) is 1. The molecule has 1 nitrogen and oxygen atoms in total. The van der Waals surface area contributed by atoms with E-state index >= 15 is 0 Å². The molecule has 0 aromatic heterocycles. The van der Waals surface area contributed by atoms with E-state index in [1.54, 1.807) is 11.1 Å². The molecule has 57 heavy (non-hydrogen) atoms. The highest BCUT2D eigenvalue weighted by Crippen LogP contribution is 2.89. The summed E-state index contributed by atoms with van der Waals surface area (Å²) >= 11 is 0. The van der Waals surface area contributed by atoms with Crippen LogP contribution in [0.3, 0.4) is 0 Å². The van der Waals surface area contributed by atoms with Crippen LogP contribution in [0.4, 0.5) is 17.1 Å². The molecule has 0 radical (unpaired) electrons. The van der Waals surface area contributed by atoms with Crippen LogP contribution in [-0.2, 0) is 27.1 Å². The smallest absolute Gasteiger partial charge is 0.0468 e. The van der Waals surface area contributed by atoms with Crippen molar-refractivity contribution in [1.82, 2.24) is 0 Å². The molecule has 0 aliphatic heterocycles. The summed E-state index contributed by atoms with van der Waals surface area (Å²) in [7, 11) is 0. The van der Waals surface area contributed by atoms with Crippen molar-refractivity contribution < 1.29 is 0 Å². The normalized spacial score (nSPS) is 31.6. The van der Waals surface area contributed by atoms with E-state index in [4.69, 9.17) is 0 Å². The summed E-state index contributed by atoms with van der Waals surface area (Å²) in [5, 5.41) is 0. The Morgan fingerprint density at radius 3 is 1.60 bits per heavy atom. The second kappa shape index (κ2) is 10.9. The van der Waals surface area contributed by atoms with Crippen LogP contribution in [0, 0.1) is 29.1 Å². The van der Waals surface area contributed by atoms with Gasteiger partial charge in [-0.3, -0.25) is 0 Å². The first kappa shape index (κ1) is 34.9. The molecule has 5 aromatic rings. The lowest BCUT2D eigenvalue weighted by Gasteiger charge is -2.76. The fourth-order valence-electron chi connectivity index (χ4n) is 15.3. The third-order valence-electron chi connectivity index (χ3n) is 18.3. The Hall–Kier alpha value is -4.10. The monoisotopic (exact) mass is 747 g/mol. The van der Waals surface area contributed by atoms with Gasteiger partial charge in [-0.1, -0.05) is 122 Å². The minimum Gasteiger partial charge on any atom is -0.310 e. The first-order chi connectivity index (χ1) is 27.2. The third-order valence-corrected chi connectivity index (χ3v) is 18.3. The summed E-state index contributed by atoms with van der Waals surface area (Å²) in [5.41, 5.74) is 20.4. The van der Waals surface area contributed by atoms with E-state index < -0.39 is 0 Å². The molecule has 4 fully saturated rings. The quantitative estimate of drug-likeness (QED) is 0.177. The topological polar surface area (TPSA) is 3.24 Å². The van der Waals surface area contributed by atoms with Crippen molar-refractivity contribution in [2.75, 3.05) is 4.90 Å². The van der Waals surface area contributed by atoms with Crippen LogP contribution in [0.5, 0.6) is 0 Å². The number of fused-ring (bicyclic) bond motifs is 10. The third kappa shape index (κ3) is 4.27. The molecule has 0 N–H and O–H groups in total. The van der Waals surface area contributed by atoms with E-state index in [1.807, 2.05) is 0 Å². The number of anilines is 3. The van der Waals surface area contributed by atoms with Gasteiger partial charge in [0.25, 0.3) is 0 Å². The molecular formula is C56H61N. The summed E-state index contributed by atoms with van der Waals surface area (Å²) in [6, 6.07) is 41.5. The van der Waals surface area contributed by atoms with Gasteiger partial charge >= 0.3 is 0 Å². The zero-order chi connectivity index (χ0) is 39.1. The van der Waals surface area contributed by atoms with Gasteiger partial charge in [0.15, 0.2) is 0 Å². The molecule has 4 saturated carbocycles. The van der Waals surface area contributed by atoms with Crippen molar-refractivity contribution in [3.8, 4) is 22.3 Å². The van der Waals surface area contributed by atoms with E-state index in [0.717, 1.165) is 23.7 Å². The van der Waals surface area contributed by atoms with Crippen molar-refractivity contribution in [2.45, 2.75) is 134 Å². The van der Waals surface area contributed by atoms with Crippen LogP contribution >= 0.6 is 0 Å². The van der Waals surface area contributed by atoms with Gasteiger partial charge in [0.1, 0.15) is 0 Å². The first-order valence-corrected chi connectivity index (χ1v) is 22.6. The predicted molar refractivity (Wildman–Crippen MR) is 238 cm³/mol. The maximum atomic E-state index is 2.65. The van der Waals surface area contributed by atoms with Gasteiger partial charge in [0.2, 0.25) is 0 Å². The second-order valence-corrected chi connectivity index (χ2v) is 22.7. The first-order valence-electron chi connectivity index (χ1n) is 22.6. The molecule has 290 valence electrons. The van der Waals surface area contributed by atoms with E-state index in [-0.39, 0.29) is 27.1 Å². The molecule has 1 heteroatoms. The van der Waals surface area contributed by atoms with Crippen LogP contribution in [0.1, 0.15) is 140 Å². The lowest BCUT2D eigenvalue weighted by atomic mass is 9.27. The Bertz CT molecular complexity index is 2450. The number of benzene rings is 5. The average molecular weight is 748 g/mol. The number of hydrogen-bond donors (Lipinski definition) is 0. The standard InChI is InChI=1S/C56H61N/c1-51(2)23-25-53(5,6)46-31-38(18-21-43(46)51)57(39-19-22-44-47(32-39)54(7,8)26-24-52(44,3)4)37-17-20-42-41(30-37)50-40(35-13-10-9-11-14-35)15-12-16-45(50)56(42)48-28-34-27-36-29-49(56)55(36,48)33-34/h9-22,30-32,34,36,48-49H,23-29,33H2,1-8H3. The van der Waals surface area contributed by atoms with Crippen molar-refractivity contribution >= 4 is 17.1 Å². The SMILES string of the molecule is CC1(C)CCC(C)(C)c2cc(N(c3ccc4c(c3)-c3c(-c5ccccc5)cccc3C43C4CC5CC6CC3C64C5)c3ccc4c(c3)C(C)(C)CCC4(C)C)ccc21. The minimum atomic E-state index is 0.129. The molecule has 7 aliphatic rings. The molecule has 7 aliphatic carbocycles. The Kier molecular flexibility index (Phi) is 6.69. The van der Waals surface area contributed by atoms with Crippen LogP contribution in [0.25, 0.3) is 22.3 Å². The van der Waals surface area contributed by atoms with Crippen molar-refractivity contribution in [3.05, 3.63) is 137 Å². The highest BCUT2D eigenvalue weighted by Gasteiger charge is 2.84. The molecule has 2 spiro atoms. The van der Waals surface area contributed by atoms with Gasteiger partial charge < -0.3 is 4.90 Å². The highest BCUT2D eigenvalue weighted by molar-refractivity contribution is 5.96. The van der Waals surface area contributed by atoms with Gasteiger partial charge in [0.05, 0.1) is 0 Å². The maximum Gasteiger partial charge on any atom is 0.0468 e. The van der Waals surface area contributed by atoms with E-state index in [9.17, 15) is 0 Å². The fraction of sp³-hybridized carbons (Fsp3) is 0.464. The van der Waals surface area contributed by atoms with Gasteiger partial charge in [0, 0.05) is 22.5 Å². The Morgan fingerprint density at radius 2 is 1.00 bits per heavy atom. The lowest BCUT2D eigenvalue weighted by Crippen LogP contribution is -2.73. The number of rotatable bonds is 4. The molecule has 0 saturated heterocycles. The molecule has 0 amide bonds.